The number of carbonyl (C=O) groups is 2. The molecular formula is C19H19BrN2O2. The molecule has 0 spiro atoms. The molecule has 4 nitrogen and oxygen atoms in total. The van der Waals surface area contributed by atoms with E-state index in [4.69, 9.17) is 0 Å². The molecule has 2 aromatic rings. The zero-order valence-corrected chi connectivity index (χ0v) is 15.0. The second-order valence-corrected chi connectivity index (χ2v) is 7.06. The number of benzene rings is 2. The Labute approximate surface area is 149 Å². The Balaban J connectivity index is 1.47. The standard InChI is InChI=1S/C19H19BrN2O2/c1-12-2-4-13(5-3-12)11-21-18(23)16-10-17(16)19(24)22-15-8-6-14(20)7-9-15/h2-9,16-17H,10-11H2,1H3,(H,21,23)(H,22,24). The minimum Gasteiger partial charge on any atom is -0.352 e. The maximum atomic E-state index is 12.2. The van der Waals surface area contributed by atoms with Gasteiger partial charge in [-0.2, -0.15) is 0 Å². The minimum atomic E-state index is -0.230. The van der Waals surface area contributed by atoms with Crippen LogP contribution in [-0.2, 0) is 16.1 Å². The monoisotopic (exact) mass is 386 g/mol. The van der Waals surface area contributed by atoms with E-state index < -0.39 is 0 Å². The fourth-order valence-electron chi connectivity index (χ4n) is 2.57. The number of amides is 2. The first-order chi connectivity index (χ1) is 11.5. The van der Waals surface area contributed by atoms with Crippen LogP contribution in [0.15, 0.2) is 53.0 Å². The number of nitrogens with one attached hydrogen (secondary N) is 2. The van der Waals surface area contributed by atoms with Crippen molar-refractivity contribution in [3.05, 3.63) is 64.1 Å². The Morgan fingerprint density at radius 1 is 1.00 bits per heavy atom. The molecule has 0 saturated heterocycles. The summed E-state index contributed by atoms with van der Waals surface area (Å²) in [5.74, 6) is -0.586. The molecule has 0 aliphatic heterocycles. The molecule has 2 N–H and O–H groups in total. The van der Waals surface area contributed by atoms with Gasteiger partial charge in [0.1, 0.15) is 0 Å². The van der Waals surface area contributed by atoms with Crippen LogP contribution in [0, 0.1) is 18.8 Å². The smallest absolute Gasteiger partial charge is 0.228 e. The van der Waals surface area contributed by atoms with Gasteiger partial charge in [-0.3, -0.25) is 9.59 Å². The Morgan fingerprint density at radius 3 is 2.29 bits per heavy atom. The maximum Gasteiger partial charge on any atom is 0.228 e. The first-order valence-corrected chi connectivity index (χ1v) is 8.72. The topological polar surface area (TPSA) is 58.2 Å². The Bertz CT molecular complexity index is 741. The van der Waals surface area contributed by atoms with Crippen LogP contribution in [0.3, 0.4) is 0 Å². The van der Waals surface area contributed by atoms with Gasteiger partial charge in [0, 0.05) is 16.7 Å². The van der Waals surface area contributed by atoms with Crippen molar-refractivity contribution in [3.63, 3.8) is 0 Å². The highest BCUT2D eigenvalue weighted by atomic mass is 79.9. The van der Waals surface area contributed by atoms with Crippen molar-refractivity contribution in [2.75, 3.05) is 5.32 Å². The second-order valence-electron chi connectivity index (χ2n) is 6.15. The van der Waals surface area contributed by atoms with Crippen molar-refractivity contribution in [2.45, 2.75) is 19.9 Å². The van der Waals surface area contributed by atoms with Crippen molar-refractivity contribution in [1.29, 1.82) is 0 Å². The molecule has 124 valence electrons. The summed E-state index contributed by atoms with van der Waals surface area (Å²) in [6.45, 7) is 2.53. The molecule has 1 fully saturated rings. The molecule has 24 heavy (non-hydrogen) atoms. The molecule has 2 aromatic carbocycles. The number of carbonyl (C=O) groups excluding carboxylic acids is 2. The number of hydrogen-bond donors (Lipinski definition) is 2. The summed E-state index contributed by atoms with van der Waals surface area (Å²) < 4.78 is 0.959. The molecule has 0 heterocycles. The molecule has 3 rings (SSSR count). The van der Waals surface area contributed by atoms with Gasteiger partial charge in [-0.15, -0.1) is 0 Å². The van der Waals surface area contributed by atoms with E-state index in [-0.39, 0.29) is 23.7 Å². The molecule has 1 aliphatic rings. The normalized spacial score (nSPS) is 18.8. The zero-order valence-electron chi connectivity index (χ0n) is 13.4. The SMILES string of the molecule is Cc1ccc(CNC(=O)C2CC2C(=O)Nc2ccc(Br)cc2)cc1. The number of rotatable bonds is 5. The average molecular weight is 387 g/mol. The third-order valence-corrected chi connectivity index (χ3v) is 4.69. The van der Waals surface area contributed by atoms with Crippen LogP contribution >= 0.6 is 15.9 Å². The fourth-order valence-corrected chi connectivity index (χ4v) is 2.83. The lowest BCUT2D eigenvalue weighted by Gasteiger charge is -2.07. The van der Waals surface area contributed by atoms with Gasteiger partial charge in [-0.05, 0) is 43.2 Å². The van der Waals surface area contributed by atoms with E-state index in [1.165, 1.54) is 5.56 Å². The summed E-state index contributed by atoms with van der Waals surface area (Å²) in [6.07, 6.45) is 0.613. The Hall–Kier alpha value is -2.14. The Kier molecular flexibility index (Phi) is 5.00. The van der Waals surface area contributed by atoms with Crippen molar-refractivity contribution in [1.82, 2.24) is 5.32 Å². The zero-order chi connectivity index (χ0) is 17.1. The molecule has 0 bridgehead atoms. The molecule has 1 saturated carbocycles. The Morgan fingerprint density at radius 2 is 1.62 bits per heavy atom. The fraction of sp³-hybridized carbons (Fsp3) is 0.263. The molecule has 2 unspecified atom stereocenters. The molecule has 0 aromatic heterocycles. The quantitative estimate of drug-likeness (QED) is 0.823. The molecule has 0 radical (unpaired) electrons. The van der Waals surface area contributed by atoms with Crippen LogP contribution in [0.5, 0.6) is 0 Å². The molecular weight excluding hydrogens is 368 g/mol. The predicted molar refractivity (Wildman–Crippen MR) is 97.4 cm³/mol. The predicted octanol–water partition coefficient (Wildman–Crippen LogP) is 3.65. The van der Waals surface area contributed by atoms with Gasteiger partial charge in [-0.1, -0.05) is 45.8 Å². The van der Waals surface area contributed by atoms with Crippen LogP contribution in [-0.4, -0.2) is 11.8 Å². The van der Waals surface area contributed by atoms with Crippen LogP contribution in [0.25, 0.3) is 0 Å². The molecule has 5 heteroatoms. The number of halogens is 1. The van der Waals surface area contributed by atoms with Crippen LogP contribution in [0.4, 0.5) is 5.69 Å². The summed E-state index contributed by atoms with van der Waals surface area (Å²) in [4.78, 5) is 24.3. The van der Waals surface area contributed by atoms with Crippen molar-refractivity contribution in [3.8, 4) is 0 Å². The van der Waals surface area contributed by atoms with Gasteiger partial charge < -0.3 is 10.6 Å². The van der Waals surface area contributed by atoms with E-state index in [1.807, 2.05) is 55.5 Å². The third-order valence-electron chi connectivity index (χ3n) is 4.16. The summed E-state index contributed by atoms with van der Waals surface area (Å²) >= 11 is 3.36. The second kappa shape index (κ2) is 7.18. The summed E-state index contributed by atoms with van der Waals surface area (Å²) in [6, 6.07) is 15.4. The van der Waals surface area contributed by atoms with Crippen molar-refractivity contribution >= 4 is 33.4 Å². The van der Waals surface area contributed by atoms with E-state index in [9.17, 15) is 9.59 Å². The molecule has 2 atom stereocenters. The van der Waals surface area contributed by atoms with Crippen molar-refractivity contribution < 1.29 is 9.59 Å². The van der Waals surface area contributed by atoms with Crippen molar-refractivity contribution in [2.24, 2.45) is 11.8 Å². The van der Waals surface area contributed by atoms with Gasteiger partial charge in [0.2, 0.25) is 11.8 Å². The van der Waals surface area contributed by atoms with Gasteiger partial charge >= 0.3 is 0 Å². The van der Waals surface area contributed by atoms with E-state index in [0.29, 0.717) is 13.0 Å². The minimum absolute atomic E-state index is 0.0495. The van der Waals surface area contributed by atoms with Gasteiger partial charge in [0.05, 0.1) is 11.8 Å². The first kappa shape index (κ1) is 16.7. The van der Waals surface area contributed by atoms with Gasteiger partial charge in [-0.25, -0.2) is 0 Å². The highest BCUT2D eigenvalue weighted by Crippen LogP contribution is 2.39. The lowest BCUT2D eigenvalue weighted by molar-refractivity contribution is -0.125. The van der Waals surface area contributed by atoms with Crippen LogP contribution in [0.2, 0.25) is 0 Å². The summed E-state index contributed by atoms with van der Waals surface area (Å²) in [5, 5.41) is 5.77. The average Bonchev–Trinajstić information content (AvgIpc) is 3.37. The molecule has 1 aliphatic carbocycles. The highest BCUT2D eigenvalue weighted by Gasteiger charge is 2.47. The summed E-state index contributed by atoms with van der Waals surface area (Å²) in [7, 11) is 0. The number of aryl methyl sites for hydroxylation is 1. The lowest BCUT2D eigenvalue weighted by atomic mass is 10.1. The third kappa shape index (κ3) is 4.23. The number of hydrogen-bond acceptors (Lipinski definition) is 2. The van der Waals surface area contributed by atoms with Crippen LogP contribution in [0.1, 0.15) is 17.5 Å². The van der Waals surface area contributed by atoms with Gasteiger partial charge in [0.25, 0.3) is 0 Å². The first-order valence-electron chi connectivity index (χ1n) is 7.92. The number of anilines is 1. The van der Waals surface area contributed by atoms with Gasteiger partial charge in [0.15, 0.2) is 0 Å². The van der Waals surface area contributed by atoms with E-state index in [0.717, 1.165) is 15.7 Å². The van der Waals surface area contributed by atoms with E-state index >= 15 is 0 Å². The lowest BCUT2D eigenvalue weighted by Crippen LogP contribution is -2.27. The van der Waals surface area contributed by atoms with E-state index in [2.05, 4.69) is 26.6 Å². The summed E-state index contributed by atoms with van der Waals surface area (Å²) in [5.41, 5.74) is 3.00. The highest BCUT2D eigenvalue weighted by molar-refractivity contribution is 9.10. The largest absolute Gasteiger partial charge is 0.352 e. The van der Waals surface area contributed by atoms with E-state index in [1.54, 1.807) is 0 Å². The molecule has 2 amide bonds. The maximum absolute atomic E-state index is 12.2. The van der Waals surface area contributed by atoms with Crippen LogP contribution < -0.4 is 10.6 Å².